The van der Waals surface area contributed by atoms with Crippen LogP contribution in [0.4, 0.5) is 0 Å². The molecule has 5 heteroatoms. The lowest BCUT2D eigenvalue weighted by Gasteiger charge is -2.25. The Kier molecular flexibility index (Phi) is 8.37. The molecule has 1 amide bonds. The summed E-state index contributed by atoms with van der Waals surface area (Å²) in [5, 5.41) is 0. The van der Waals surface area contributed by atoms with Gasteiger partial charge in [-0.3, -0.25) is 4.79 Å². The minimum atomic E-state index is -0.0238. The number of aromatic nitrogens is 1. The van der Waals surface area contributed by atoms with Gasteiger partial charge in [0.25, 0.3) is 5.91 Å². The molecule has 1 aromatic heterocycles. The molecule has 0 aliphatic carbocycles. The Labute approximate surface area is 191 Å². The molecular formula is C27H34N2O3. The third kappa shape index (κ3) is 5.72. The summed E-state index contributed by atoms with van der Waals surface area (Å²) in [4.78, 5) is 15.5. The fourth-order valence-electron chi connectivity index (χ4n) is 3.86. The van der Waals surface area contributed by atoms with E-state index in [4.69, 9.17) is 9.47 Å². The number of carbonyl (C=O) groups is 1. The van der Waals surface area contributed by atoms with Gasteiger partial charge in [-0.15, -0.1) is 0 Å². The van der Waals surface area contributed by atoms with Crippen molar-refractivity contribution in [2.24, 2.45) is 0 Å². The van der Waals surface area contributed by atoms with Crippen LogP contribution in [0, 0.1) is 6.92 Å². The maximum absolute atomic E-state index is 13.6. The van der Waals surface area contributed by atoms with Crippen LogP contribution in [0.2, 0.25) is 0 Å². The zero-order chi connectivity index (χ0) is 22.9. The van der Waals surface area contributed by atoms with Crippen molar-refractivity contribution in [3.8, 4) is 11.5 Å². The number of hydrogen-bond donors (Lipinski definition) is 0. The molecular weight excluding hydrogens is 400 g/mol. The first-order chi connectivity index (χ1) is 15.6. The van der Waals surface area contributed by atoms with Crippen LogP contribution in [0.5, 0.6) is 11.5 Å². The van der Waals surface area contributed by atoms with Crippen LogP contribution < -0.4 is 9.47 Å². The average molecular weight is 435 g/mol. The van der Waals surface area contributed by atoms with E-state index in [1.54, 1.807) is 32.4 Å². The van der Waals surface area contributed by atoms with Crippen molar-refractivity contribution in [1.29, 1.82) is 0 Å². The summed E-state index contributed by atoms with van der Waals surface area (Å²) >= 11 is 0. The molecule has 32 heavy (non-hydrogen) atoms. The van der Waals surface area contributed by atoms with Gasteiger partial charge in [-0.2, -0.15) is 0 Å². The molecule has 0 N–H and O–H groups in total. The van der Waals surface area contributed by atoms with E-state index in [9.17, 15) is 4.79 Å². The third-order valence-electron chi connectivity index (χ3n) is 5.84. The Bertz CT molecular complexity index is 1030. The minimum absolute atomic E-state index is 0.0238. The highest BCUT2D eigenvalue weighted by Crippen LogP contribution is 2.26. The minimum Gasteiger partial charge on any atom is -0.497 e. The summed E-state index contributed by atoms with van der Waals surface area (Å²) in [6, 6.07) is 17.9. The number of ether oxygens (including phenoxy) is 2. The van der Waals surface area contributed by atoms with Crippen molar-refractivity contribution in [1.82, 2.24) is 9.47 Å². The van der Waals surface area contributed by atoms with Crippen LogP contribution in [-0.2, 0) is 13.1 Å². The number of unbranched alkanes of at least 4 members (excludes halogenated alkanes) is 2. The Hall–Kier alpha value is -3.21. The van der Waals surface area contributed by atoms with Crippen LogP contribution in [0.25, 0.3) is 0 Å². The molecule has 0 aliphatic heterocycles. The highest BCUT2D eigenvalue weighted by molar-refractivity contribution is 5.97. The summed E-state index contributed by atoms with van der Waals surface area (Å²) in [5.74, 6) is 1.18. The van der Waals surface area contributed by atoms with Crippen LogP contribution in [0.15, 0.2) is 60.8 Å². The van der Waals surface area contributed by atoms with Gasteiger partial charge in [0.2, 0.25) is 0 Å². The SMILES string of the molecule is CCCCCN(Cc1cccn1Cc1ccccc1C)C(=O)c1ccc(OC)cc1OC. The second kappa shape index (κ2) is 11.4. The molecule has 0 aliphatic rings. The summed E-state index contributed by atoms with van der Waals surface area (Å²) in [6.45, 7) is 6.35. The van der Waals surface area contributed by atoms with Gasteiger partial charge in [0, 0.05) is 31.0 Å². The van der Waals surface area contributed by atoms with Crippen LogP contribution in [-0.4, -0.2) is 36.1 Å². The van der Waals surface area contributed by atoms with E-state index in [1.165, 1.54) is 11.1 Å². The first kappa shape index (κ1) is 23.5. The fraction of sp³-hybridized carbons (Fsp3) is 0.370. The number of hydrogen-bond acceptors (Lipinski definition) is 3. The molecule has 0 atom stereocenters. The number of aryl methyl sites for hydroxylation is 1. The summed E-state index contributed by atoms with van der Waals surface area (Å²) in [6.07, 6.45) is 5.26. The third-order valence-corrected chi connectivity index (χ3v) is 5.84. The monoisotopic (exact) mass is 434 g/mol. The zero-order valence-corrected chi connectivity index (χ0v) is 19.6. The Balaban J connectivity index is 1.85. The lowest BCUT2D eigenvalue weighted by molar-refractivity contribution is 0.0733. The Morgan fingerprint density at radius 2 is 1.81 bits per heavy atom. The quantitative estimate of drug-likeness (QED) is 0.364. The lowest BCUT2D eigenvalue weighted by Crippen LogP contribution is -2.32. The first-order valence-electron chi connectivity index (χ1n) is 11.3. The van der Waals surface area contributed by atoms with Gasteiger partial charge in [0.1, 0.15) is 11.5 Å². The number of nitrogens with zero attached hydrogens (tertiary/aromatic N) is 2. The molecule has 3 aromatic rings. The van der Waals surface area contributed by atoms with E-state index < -0.39 is 0 Å². The molecule has 0 saturated heterocycles. The van der Waals surface area contributed by atoms with E-state index in [1.807, 2.05) is 4.90 Å². The van der Waals surface area contributed by atoms with Gasteiger partial charge in [-0.05, 0) is 48.7 Å². The molecule has 0 radical (unpaired) electrons. The molecule has 0 saturated carbocycles. The first-order valence-corrected chi connectivity index (χ1v) is 11.3. The molecule has 2 aromatic carbocycles. The van der Waals surface area contributed by atoms with Crippen molar-refractivity contribution in [2.75, 3.05) is 20.8 Å². The van der Waals surface area contributed by atoms with Gasteiger partial charge in [0.05, 0.1) is 26.3 Å². The van der Waals surface area contributed by atoms with Crippen molar-refractivity contribution < 1.29 is 14.3 Å². The van der Waals surface area contributed by atoms with Gasteiger partial charge in [-0.1, -0.05) is 44.0 Å². The summed E-state index contributed by atoms with van der Waals surface area (Å²) in [5.41, 5.74) is 4.23. The zero-order valence-electron chi connectivity index (χ0n) is 19.6. The van der Waals surface area contributed by atoms with Gasteiger partial charge < -0.3 is 18.9 Å². The number of benzene rings is 2. The fourth-order valence-corrected chi connectivity index (χ4v) is 3.86. The standard InChI is InChI=1S/C27H34N2O3/c1-5-6-9-16-29(27(30)25-15-14-24(31-3)18-26(25)32-4)20-23-13-10-17-28(23)19-22-12-8-7-11-21(22)2/h7-8,10-15,17-18H,5-6,9,16,19-20H2,1-4H3. The van der Waals surface area contributed by atoms with Gasteiger partial charge in [0.15, 0.2) is 0 Å². The predicted octanol–water partition coefficient (Wildman–Crippen LogP) is 5.69. The predicted molar refractivity (Wildman–Crippen MR) is 129 cm³/mol. The Morgan fingerprint density at radius 3 is 2.53 bits per heavy atom. The molecule has 0 spiro atoms. The lowest BCUT2D eigenvalue weighted by atomic mass is 10.1. The molecule has 0 fully saturated rings. The number of methoxy groups -OCH3 is 2. The molecule has 1 heterocycles. The van der Waals surface area contributed by atoms with E-state index in [2.05, 4.69) is 61.0 Å². The van der Waals surface area contributed by atoms with E-state index in [0.717, 1.165) is 31.5 Å². The van der Waals surface area contributed by atoms with Crippen molar-refractivity contribution in [3.05, 3.63) is 83.2 Å². The average Bonchev–Trinajstić information content (AvgIpc) is 3.25. The van der Waals surface area contributed by atoms with Crippen molar-refractivity contribution in [3.63, 3.8) is 0 Å². The normalized spacial score (nSPS) is 10.8. The van der Waals surface area contributed by atoms with Crippen LogP contribution in [0.3, 0.4) is 0 Å². The Morgan fingerprint density at radius 1 is 1.00 bits per heavy atom. The highest BCUT2D eigenvalue weighted by Gasteiger charge is 2.21. The number of amides is 1. The van der Waals surface area contributed by atoms with E-state index in [-0.39, 0.29) is 5.91 Å². The van der Waals surface area contributed by atoms with E-state index >= 15 is 0 Å². The van der Waals surface area contributed by atoms with Crippen molar-refractivity contribution >= 4 is 5.91 Å². The highest BCUT2D eigenvalue weighted by atomic mass is 16.5. The maximum atomic E-state index is 13.6. The van der Waals surface area contributed by atoms with Crippen molar-refractivity contribution in [2.45, 2.75) is 46.2 Å². The van der Waals surface area contributed by atoms with Crippen LogP contribution in [0.1, 0.15) is 53.4 Å². The van der Waals surface area contributed by atoms with Crippen LogP contribution >= 0.6 is 0 Å². The summed E-state index contributed by atoms with van der Waals surface area (Å²) < 4.78 is 13.0. The van der Waals surface area contributed by atoms with E-state index in [0.29, 0.717) is 30.2 Å². The smallest absolute Gasteiger partial charge is 0.257 e. The second-order valence-electron chi connectivity index (χ2n) is 8.05. The summed E-state index contributed by atoms with van der Waals surface area (Å²) in [7, 11) is 3.19. The largest absolute Gasteiger partial charge is 0.497 e. The molecule has 5 nitrogen and oxygen atoms in total. The molecule has 3 rings (SSSR count). The molecule has 0 bridgehead atoms. The molecule has 170 valence electrons. The molecule has 0 unspecified atom stereocenters. The second-order valence-corrected chi connectivity index (χ2v) is 8.05. The topological polar surface area (TPSA) is 43.7 Å². The number of carbonyl (C=O) groups excluding carboxylic acids is 1. The maximum Gasteiger partial charge on any atom is 0.257 e. The van der Waals surface area contributed by atoms with Gasteiger partial charge in [-0.25, -0.2) is 0 Å². The van der Waals surface area contributed by atoms with Gasteiger partial charge >= 0.3 is 0 Å². The number of rotatable bonds is 11.